The molecule has 3 rings (SSSR count). The zero-order chi connectivity index (χ0) is 13.9. The number of benzene rings is 1. The SMILES string of the molecule is N#CC(C#N)=CC=C1Sc2ccccc2N1CC1CO1. The fourth-order valence-electron chi connectivity index (χ4n) is 2.00. The average molecular weight is 281 g/mol. The molecule has 0 radical (unpaired) electrons. The summed E-state index contributed by atoms with van der Waals surface area (Å²) in [6, 6.07) is 11.9. The first kappa shape index (κ1) is 12.8. The summed E-state index contributed by atoms with van der Waals surface area (Å²) in [6.45, 7) is 1.60. The van der Waals surface area contributed by atoms with Gasteiger partial charge in [-0.25, -0.2) is 0 Å². The highest BCUT2D eigenvalue weighted by Gasteiger charge is 2.31. The maximum absolute atomic E-state index is 8.78. The molecule has 0 spiro atoms. The van der Waals surface area contributed by atoms with Crippen molar-refractivity contribution in [3.63, 3.8) is 0 Å². The van der Waals surface area contributed by atoms with Crippen molar-refractivity contribution in [3.8, 4) is 12.1 Å². The quantitative estimate of drug-likeness (QED) is 0.629. The van der Waals surface area contributed by atoms with E-state index in [0.29, 0.717) is 0 Å². The second-order valence-electron chi connectivity index (χ2n) is 4.44. The van der Waals surface area contributed by atoms with Crippen molar-refractivity contribution in [2.45, 2.75) is 11.0 Å². The Morgan fingerprint density at radius 2 is 2.15 bits per heavy atom. The number of thioether (sulfide) groups is 1. The lowest BCUT2D eigenvalue weighted by atomic mass is 10.2. The van der Waals surface area contributed by atoms with Gasteiger partial charge in [-0.15, -0.1) is 0 Å². The van der Waals surface area contributed by atoms with Crippen LogP contribution in [0.1, 0.15) is 0 Å². The predicted molar refractivity (Wildman–Crippen MR) is 76.8 cm³/mol. The molecule has 1 atom stereocenters. The van der Waals surface area contributed by atoms with Crippen molar-refractivity contribution in [3.05, 3.63) is 47.0 Å². The van der Waals surface area contributed by atoms with Crippen LogP contribution in [0.25, 0.3) is 0 Å². The van der Waals surface area contributed by atoms with Gasteiger partial charge < -0.3 is 9.64 Å². The normalized spacial score (nSPS) is 21.0. The topological polar surface area (TPSA) is 63.4 Å². The highest BCUT2D eigenvalue weighted by Crippen LogP contribution is 2.46. The Labute approximate surface area is 121 Å². The second-order valence-corrected chi connectivity index (χ2v) is 5.51. The zero-order valence-corrected chi connectivity index (χ0v) is 11.4. The van der Waals surface area contributed by atoms with Crippen molar-refractivity contribution >= 4 is 17.4 Å². The lowest BCUT2D eigenvalue weighted by Crippen LogP contribution is -2.22. The number of nitriles is 2. The van der Waals surface area contributed by atoms with Gasteiger partial charge >= 0.3 is 0 Å². The molecule has 0 amide bonds. The molecule has 0 N–H and O–H groups in total. The molecule has 1 unspecified atom stereocenters. The molecule has 1 fully saturated rings. The standard InChI is InChI=1S/C15H11N3OS/c16-7-11(8-17)5-6-15-18(9-12-10-19-12)13-3-1-2-4-14(13)20-15/h1-6,12H,9-10H2. The number of nitrogens with zero attached hydrogens (tertiary/aromatic N) is 3. The Morgan fingerprint density at radius 3 is 2.85 bits per heavy atom. The van der Waals surface area contributed by atoms with E-state index in [0.717, 1.165) is 23.9 Å². The minimum atomic E-state index is 0.108. The highest BCUT2D eigenvalue weighted by atomic mass is 32.2. The van der Waals surface area contributed by atoms with Crippen molar-refractivity contribution in [2.24, 2.45) is 0 Å². The monoisotopic (exact) mass is 281 g/mol. The molecule has 1 aromatic rings. The number of allylic oxidation sites excluding steroid dienone is 3. The van der Waals surface area contributed by atoms with Gasteiger partial charge in [0.2, 0.25) is 0 Å². The largest absolute Gasteiger partial charge is 0.371 e. The molecule has 0 aromatic heterocycles. The summed E-state index contributed by atoms with van der Waals surface area (Å²) in [7, 11) is 0. The van der Waals surface area contributed by atoms with Crippen LogP contribution in [-0.2, 0) is 4.74 Å². The summed E-state index contributed by atoms with van der Waals surface area (Å²) in [5.41, 5.74) is 1.26. The van der Waals surface area contributed by atoms with Crippen LogP contribution in [-0.4, -0.2) is 19.3 Å². The third kappa shape index (κ3) is 2.55. The molecule has 2 heterocycles. The Morgan fingerprint density at radius 1 is 1.40 bits per heavy atom. The van der Waals surface area contributed by atoms with Crippen LogP contribution in [0.2, 0.25) is 0 Å². The van der Waals surface area contributed by atoms with Crippen molar-refractivity contribution in [1.82, 2.24) is 0 Å². The van der Waals surface area contributed by atoms with Gasteiger partial charge in [0.1, 0.15) is 17.7 Å². The van der Waals surface area contributed by atoms with Crippen LogP contribution in [0, 0.1) is 22.7 Å². The Hall–Kier alpha value is -2.21. The number of anilines is 1. The summed E-state index contributed by atoms with van der Waals surface area (Å²) >= 11 is 1.65. The van der Waals surface area contributed by atoms with Gasteiger partial charge in [-0.1, -0.05) is 23.9 Å². The molecule has 1 saturated heterocycles. The van der Waals surface area contributed by atoms with Gasteiger partial charge in [0.05, 0.1) is 30.0 Å². The molecule has 4 nitrogen and oxygen atoms in total. The molecule has 2 aliphatic rings. The van der Waals surface area contributed by atoms with Gasteiger partial charge in [0, 0.05) is 4.90 Å². The van der Waals surface area contributed by atoms with E-state index in [9.17, 15) is 0 Å². The number of ether oxygens (including phenoxy) is 1. The van der Waals surface area contributed by atoms with Crippen LogP contribution in [0.15, 0.2) is 51.9 Å². The van der Waals surface area contributed by atoms with Gasteiger partial charge in [-0.3, -0.25) is 0 Å². The zero-order valence-electron chi connectivity index (χ0n) is 10.6. The third-order valence-corrected chi connectivity index (χ3v) is 4.19. The molecular weight excluding hydrogens is 270 g/mol. The van der Waals surface area contributed by atoms with E-state index in [1.807, 2.05) is 30.3 Å². The first-order chi connectivity index (χ1) is 9.81. The minimum Gasteiger partial charge on any atom is -0.371 e. The van der Waals surface area contributed by atoms with Crippen LogP contribution in [0.4, 0.5) is 5.69 Å². The molecule has 98 valence electrons. The van der Waals surface area contributed by atoms with E-state index in [2.05, 4.69) is 17.0 Å². The summed E-state index contributed by atoms with van der Waals surface area (Å²) < 4.78 is 5.30. The molecule has 2 aliphatic heterocycles. The summed E-state index contributed by atoms with van der Waals surface area (Å²) in [5.74, 6) is 0. The molecule has 0 bridgehead atoms. The number of fused-ring (bicyclic) bond motifs is 1. The van der Waals surface area contributed by atoms with Gasteiger partial charge in [-0.05, 0) is 24.3 Å². The van der Waals surface area contributed by atoms with Crippen molar-refractivity contribution in [2.75, 3.05) is 18.1 Å². The number of rotatable bonds is 3. The molecule has 1 aromatic carbocycles. The van der Waals surface area contributed by atoms with Gasteiger partial charge in [-0.2, -0.15) is 10.5 Å². The van der Waals surface area contributed by atoms with Crippen LogP contribution < -0.4 is 4.90 Å². The third-order valence-electron chi connectivity index (χ3n) is 3.06. The van der Waals surface area contributed by atoms with E-state index < -0.39 is 0 Å². The van der Waals surface area contributed by atoms with Crippen molar-refractivity contribution < 1.29 is 4.74 Å². The summed E-state index contributed by atoms with van der Waals surface area (Å²) in [6.07, 6.45) is 3.67. The van der Waals surface area contributed by atoms with E-state index in [1.165, 1.54) is 4.90 Å². The minimum absolute atomic E-state index is 0.108. The summed E-state index contributed by atoms with van der Waals surface area (Å²) in [5, 5.41) is 18.6. The predicted octanol–water partition coefficient (Wildman–Crippen LogP) is 2.81. The maximum Gasteiger partial charge on any atom is 0.129 e. The lowest BCUT2D eigenvalue weighted by Gasteiger charge is -2.18. The smallest absolute Gasteiger partial charge is 0.129 e. The Kier molecular flexibility index (Phi) is 3.47. The Bertz CT molecular complexity index is 661. The van der Waals surface area contributed by atoms with Crippen molar-refractivity contribution in [1.29, 1.82) is 10.5 Å². The summed E-state index contributed by atoms with van der Waals surface area (Å²) in [4.78, 5) is 3.36. The fourth-order valence-corrected chi connectivity index (χ4v) is 3.07. The fraction of sp³-hybridized carbons (Fsp3) is 0.200. The Balaban J connectivity index is 1.91. The molecule has 0 saturated carbocycles. The molecular formula is C15H11N3OS. The van der Waals surface area contributed by atoms with Gasteiger partial charge in [0.25, 0.3) is 0 Å². The van der Waals surface area contributed by atoms with E-state index >= 15 is 0 Å². The molecule has 0 aliphatic carbocycles. The first-order valence-corrected chi connectivity index (χ1v) is 7.01. The van der Waals surface area contributed by atoms with Crippen LogP contribution in [0.3, 0.4) is 0 Å². The molecule has 5 heteroatoms. The van der Waals surface area contributed by atoms with E-state index in [-0.39, 0.29) is 11.7 Å². The second kappa shape index (κ2) is 5.42. The highest BCUT2D eigenvalue weighted by molar-refractivity contribution is 8.03. The maximum atomic E-state index is 8.78. The van der Waals surface area contributed by atoms with Gasteiger partial charge in [0.15, 0.2) is 0 Å². The van der Waals surface area contributed by atoms with Crippen LogP contribution >= 0.6 is 11.8 Å². The number of hydrogen-bond donors (Lipinski definition) is 0. The average Bonchev–Trinajstić information content (AvgIpc) is 3.23. The van der Waals surface area contributed by atoms with Crippen LogP contribution in [0.5, 0.6) is 0 Å². The first-order valence-electron chi connectivity index (χ1n) is 6.20. The number of para-hydroxylation sites is 1. The van der Waals surface area contributed by atoms with E-state index in [4.69, 9.17) is 15.3 Å². The molecule has 20 heavy (non-hydrogen) atoms. The number of epoxide rings is 1. The number of hydrogen-bond acceptors (Lipinski definition) is 5. The lowest BCUT2D eigenvalue weighted by molar-refractivity contribution is 0.411. The van der Waals surface area contributed by atoms with E-state index in [1.54, 1.807) is 17.8 Å².